The molecule has 1 fully saturated rings. The molecule has 0 spiro atoms. The second-order valence-electron chi connectivity index (χ2n) is 5.61. The maximum Gasteiger partial charge on any atom is 0.243 e. The Morgan fingerprint density at radius 3 is 2.45 bits per heavy atom. The topological polar surface area (TPSA) is 37.4 Å². The predicted octanol–water partition coefficient (Wildman–Crippen LogP) is 4.17. The van der Waals surface area contributed by atoms with Crippen molar-refractivity contribution in [1.29, 1.82) is 0 Å². The highest BCUT2D eigenvalue weighted by atomic mass is 35.5. The van der Waals surface area contributed by atoms with Crippen molar-refractivity contribution in [3.63, 3.8) is 0 Å². The van der Waals surface area contributed by atoms with E-state index >= 15 is 0 Å². The van der Waals surface area contributed by atoms with Gasteiger partial charge in [0.05, 0.1) is 10.9 Å². The number of hydrogen-bond acceptors (Lipinski definition) is 2. The summed E-state index contributed by atoms with van der Waals surface area (Å²) in [5.41, 5.74) is 1.93. The molecule has 1 unspecified atom stereocenters. The maximum atomic E-state index is 12.9. The molecule has 2 aromatic rings. The van der Waals surface area contributed by atoms with Crippen LogP contribution in [0.4, 0.5) is 0 Å². The van der Waals surface area contributed by atoms with E-state index in [0.717, 1.165) is 24.0 Å². The van der Waals surface area contributed by atoms with E-state index in [1.165, 1.54) is 0 Å². The van der Waals surface area contributed by atoms with Crippen LogP contribution in [0.3, 0.4) is 0 Å². The van der Waals surface area contributed by atoms with Gasteiger partial charge >= 0.3 is 0 Å². The second-order valence-corrected chi connectivity index (χ2v) is 7.91. The van der Waals surface area contributed by atoms with Crippen LogP contribution in [-0.2, 0) is 10.0 Å². The first-order chi connectivity index (χ1) is 10.5. The highest BCUT2D eigenvalue weighted by Crippen LogP contribution is 2.39. The zero-order valence-corrected chi connectivity index (χ0v) is 13.9. The summed E-state index contributed by atoms with van der Waals surface area (Å²) in [4.78, 5) is 0.344. The molecule has 1 aliphatic heterocycles. The Kier molecular flexibility index (Phi) is 4.26. The molecule has 1 saturated heterocycles. The van der Waals surface area contributed by atoms with E-state index in [1.54, 1.807) is 16.4 Å². The van der Waals surface area contributed by atoms with Crippen molar-refractivity contribution in [2.24, 2.45) is 0 Å². The number of benzene rings is 2. The molecule has 3 rings (SSSR count). The van der Waals surface area contributed by atoms with Crippen LogP contribution < -0.4 is 0 Å². The van der Waals surface area contributed by atoms with E-state index in [4.69, 9.17) is 11.6 Å². The lowest BCUT2D eigenvalue weighted by Gasteiger charge is -2.25. The van der Waals surface area contributed by atoms with Gasteiger partial charge in [0.15, 0.2) is 0 Å². The zero-order chi connectivity index (χ0) is 15.7. The van der Waals surface area contributed by atoms with Gasteiger partial charge < -0.3 is 0 Å². The Morgan fingerprint density at radius 1 is 1.09 bits per heavy atom. The predicted molar refractivity (Wildman–Crippen MR) is 88.5 cm³/mol. The van der Waals surface area contributed by atoms with E-state index < -0.39 is 10.0 Å². The SMILES string of the molecule is Cc1ccc(S(=O)(=O)N2CCCC2c2ccccc2Cl)cc1. The Bertz CT molecular complexity index is 772. The number of aryl methyl sites for hydroxylation is 1. The molecule has 0 saturated carbocycles. The summed E-state index contributed by atoms with van der Waals surface area (Å²) in [5.74, 6) is 0. The molecular formula is C17H18ClNO2S. The van der Waals surface area contributed by atoms with Gasteiger partial charge in [-0.2, -0.15) is 4.31 Å². The molecule has 5 heteroatoms. The minimum Gasteiger partial charge on any atom is -0.207 e. The smallest absolute Gasteiger partial charge is 0.207 e. The van der Waals surface area contributed by atoms with Crippen molar-refractivity contribution in [2.75, 3.05) is 6.54 Å². The van der Waals surface area contributed by atoms with Crippen LogP contribution in [0.1, 0.15) is 30.0 Å². The van der Waals surface area contributed by atoms with Gasteiger partial charge in [0.25, 0.3) is 0 Å². The average Bonchev–Trinajstić information content (AvgIpc) is 2.98. The fourth-order valence-electron chi connectivity index (χ4n) is 2.93. The Hall–Kier alpha value is -1.36. The Balaban J connectivity index is 1.99. The molecule has 0 amide bonds. The standard InChI is InChI=1S/C17H18ClNO2S/c1-13-8-10-14(11-9-13)22(20,21)19-12-4-7-17(19)15-5-2-3-6-16(15)18/h2-3,5-6,8-11,17H,4,7,12H2,1H3. The molecule has 0 aromatic heterocycles. The molecule has 3 nitrogen and oxygen atoms in total. The molecule has 0 N–H and O–H groups in total. The Labute approximate surface area is 136 Å². The summed E-state index contributed by atoms with van der Waals surface area (Å²) in [6.07, 6.45) is 1.65. The summed E-state index contributed by atoms with van der Waals surface area (Å²) in [6.45, 7) is 2.48. The maximum absolute atomic E-state index is 12.9. The highest BCUT2D eigenvalue weighted by Gasteiger charge is 2.36. The second kappa shape index (κ2) is 6.03. The number of rotatable bonds is 3. The van der Waals surface area contributed by atoms with E-state index in [1.807, 2.05) is 43.3 Å². The van der Waals surface area contributed by atoms with Gasteiger partial charge in [-0.1, -0.05) is 47.5 Å². The zero-order valence-electron chi connectivity index (χ0n) is 12.4. The van der Waals surface area contributed by atoms with Gasteiger partial charge in [-0.3, -0.25) is 0 Å². The summed E-state index contributed by atoms with van der Waals surface area (Å²) in [7, 11) is -3.49. The number of sulfonamides is 1. The van der Waals surface area contributed by atoms with Crippen molar-refractivity contribution in [2.45, 2.75) is 30.7 Å². The molecule has 0 radical (unpaired) electrons. The van der Waals surface area contributed by atoms with Gasteiger partial charge in [-0.15, -0.1) is 0 Å². The number of nitrogens with zero attached hydrogens (tertiary/aromatic N) is 1. The van der Waals surface area contributed by atoms with Crippen LogP contribution in [0.2, 0.25) is 5.02 Å². The fourth-order valence-corrected chi connectivity index (χ4v) is 4.87. The molecule has 0 aliphatic carbocycles. The van der Waals surface area contributed by atoms with Gasteiger partial charge in [-0.05, 0) is 43.5 Å². The molecular weight excluding hydrogens is 318 g/mol. The lowest BCUT2D eigenvalue weighted by atomic mass is 10.1. The van der Waals surface area contributed by atoms with Crippen molar-refractivity contribution in [3.8, 4) is 0 Å². The molecule has 1 aliphatic rings. The summed E-state index contributed by atoms with van der Waals surface area (Å²) >= 11 is 6.26. The third kappa shape index (κ3) is 2.78. The molecule has 0 bridgehead atoms. The van der Waals surface area contributed by atoms with Crippen molar-refractivity contribution in [1.82, 2.24) is 4.31 Å². The summed E-state index contributed by atoms with van der Waals surface area (Å²) in [5, 5.41) is 0.624. The summed E-state index contributed by atoms with van der Waals surface area (Å²) < 4.78 is 27.4. The first-order valence-corrected chi connectivity index (χ1v) is 9.15. The molecule has 2 aromatic carbocycles. The van der Waals surface area contributed by atoms with Gasteiger partial charge in [0.1, 0.15) is 0 Å². The number of halogens is 1. The minimum absolute atomic E-state index is 0.181. The average molecular weight is 336 g/mol. The van der Waals surface area contributed by atoms with Gasteiger partial charge in [-0.25, -0.2) is 8.42 Å². The monoisotopic (exact) mass is 335 g/mol. The van der Waals surface area contributed by atoms with Gasteiger partial charge in [0, 0.05) is 11.6 Å². The third-order valence-electron chi connectivity index (χ3n) is 4.10. The van der Waals surface area contributed by atoms with Crippen LogP contribution in [0.15, 0.2) is 53.4 Å². The third-order valence-corrected chi connectivity index (χ3v) is 6.36. The van der Waals surface area contributed by atoms with Crippen LogP contribution >= 0.6 is 11.6 Å². The van der Waals surface area contributed by atoms with E-state index in [2.05, 4.69) is 0 Å². The van der Waals surface area contributed by atoms with E-state index in [0.29, 0.717) is 16.5 Å². The van der Waals surface area contributed by atoms with Crippen LogP contribution in [0.5, 0.6) is 0 Å². The van der Waals surface area contributed by atoms with Crippen LogP contribution in [0, 0.1) is 6.92 Å². The normalized spacial score (nSPS) is 19.5. The lowest BCUT2D eigenvalue weighted by molar-refractivity contribution is 0.397. The first-order valence-electron chi connectivity index (χ1n) is 7.33. The van der Waals surface area contributed by atoms with E-state index in [9.17, 15) is 8.42 Å². The number of hydrogen-bond donors (Lipinski definition) is 0. The molecule has 1 atom stereocenters. The highest BCUT2D eigenvalue weighted by molar-refractivity contribution is 7.89. The van der Waals surface area contributed by atoms with E-state index in [-0.39, 0.29) is 6.04 Å². The summed E-state index contributed by atoms with van der Waals surface area (Å²) in [6, 6.07) is 14.3. The molecule has 1 heterocycles. The molecule has 22 heavy (non-hydrogen) atoms. The van der Waals surface area contributed by atoms with Crippen LogP contribution in [-0.4, -0.2) is 19.3 Å². The molecule has 116 valence electrons. The largest absolute Gasteiger partial charge is 0.243 e. The van der Waals surface area contributed by atoms with Crippen molar-refractivity contribution < 1.29 is 8.42 Å². The Morgan fingerprint density at radius 2 is 1.77 bits per heavy atom. The fraction of sp³-hybridized carbons (Fsp3) is 0.294. The van der Waals surface area contributed by atoms with Crippen molar-refractivity contribution in [3.05, 3.63) is 64.7 Å². The van der Waals surface area contributed by atoms with Gasteiger partial charge in [0.2, 0.25) is 10.0 Å². The quantitative estimate of drug-likeness (QED) is 0.844. The first kappa shape index (κ1) is 15.5. The minimum atomic E-state index is -3.49. The van der Waals surface area contributed by atoms with Crippen molar-refractivity contribution >= 4 is 21.6 Å². The lowest BCUT2D eigenvalue weighted by Crippen LogP contribution is -2.30. The van der Waals surface area contributed by atoms with Crippen LogP contribution in [0.25, 0.3) is 0 Å².